The molecule has 2 heterocycles. The first-order chi connectivity index (χ1) is 11.0. The quantitative estimate of drug-likeness (QED) is 0.931. The maximum absolute atomic E-state index is 12.3. The van der Waals surface area contributed by atoms with Gasteiger partial charge in [-0.25, -0.2) is 9.79 Å². The molecule has 1 fully saturated rings. The maximum Gasteiger partial charge on any atom is 0.335 e. The third-order valence-electron chi connectivity index (χ3n) is 3.36. The number of carboxylic acid groups (broad SMARTS) is 1. The van der Waals surface area contributed by atoms with E-state index in [-0.39, 0.29) is 16.7 Å². The van der Waals surface area contributed by atoms with Gasteiger partial charge in [0.05, 0.1) is 29.3 Å². The third kappa shape index (κ3) is 3.29. The van der Waals surface area contributed by atoms with Crippen LogP contribution in [-0.4, -0.2) is 32.3 Å². The molecular formula is C16H14N2O4S. The predicted molar refractivity (Wildman–Crippen MR) is 86.8 cm³/mol. The number of aliphatic imine (C=N–C) groups is 1. The van der Waals surface area contributed by atoms with E-state index in [4.69, 9.17) is 9.52 Å². The van der Waals surface area contributed by atoms with Crippen molar-refractivity contribution in [2.45, 2.75) is 18.7 Å². The number of amidine groups is 1. The van der Waals surface area contributed by atoms with Gasteiger partial charge < -0.3 is 9.52 Å². The van der Waals surface area contributed by atoms with Crippen LogP contribution in [0.25, 0.3) is 0 Å². The molecule has 1 amide bonds. The number of hydrogen-bond donors (Lipinski definition) is 1. The highest BCUT2D eigenvalue weighted by Crippen LogP contribution is 2.30. The maximum atomic E-state index is 12.3. The number of benzene rings is 1. The molecule has 7 heteroatoms. The number of nitrogens with zero attached hydrogens (tertiary/aromatic N) is 2. The number of hydrogen-bond acceptors (Lipinski definition) is 5. The van der Waals surface area contributed by atoms with Gasteiger partial charge in [0.2, 0.25) is 5.91 Å². The van der Waals surface area contributed by atoms with Crippen molar-refractivity contribution in [2.75, 3.05) is 0 Å². The summed E-state index contributed by atoms with van der Waals surface area (Å²) in [5.74, 6) is -0.322. The van der Waals surface area contributed by atoms with Crippen LogP contribution in [0.15, 0.2) is 52.1 Å². The molecule has 0 aliphatic carbocycles. The summed E-state index contributed by atoms with van der Waals surface area (Å²) in [5.41, 5.74) is 0.800. The highest BCUT2D eigenvalue weighted by Gasteiger charge is 2.35. The molecule has 1 aliphatic rings. The molecule has 2 aromatic rings. The van der Waals surface area contributed by atoms with Crippen LogP contribution in [0, 0.1) is 0 Å². The molecule has 0 saturated carbocycles. The van der Waals surface area contributed by atoms with Crippen molar-refractivity contribution >= 4 is 34.5 Å². The molecule has 3 rings (SSSR count). The van der Waals surface area contributed by atoms with E-state index in [2.05, 4.69) is 4.99 Å². The molecule has 0 bridgehead atoms. The van der Waals surface area contributed by atoms with Gasteiger partial charge in [-0.1, -0.05) is 11.8 Å². The van der Waals surface area contributed by atoms with Gasteiger partial charge in [-0.05, 0) is 43.3 Å². The molecule has 6 nitrogen and oxygen atoms in total. The molecule has 1 atom stereocenters. The van der Waals surface area contributed by atoms with E-state index in [1.165, 1.54) is 23.9 Å². The molecule has 1 unspecified atom stereocenters. The monoisotopic (exact) mass is 330 g/mol. The van der Waals surface area contributed by atoms with Gasteiger partial charge >= 0.3 is 5.97 Å². The van der Waals surface area contributed by atoms with Crippen LogP contribution in [0.3, 0.4) is 0 Å². The van der Waals surface area contributed by atoms with Gasteiger partial charge in [0.15, 0.2) is 5.17 Å². The fourth-order valence-electron chi connectivity index (χ4n) is 2.17. The van der Waals surface area contributed by atoms with Crippen LogP contribution in [0.2, 0.25) is 0 Å². The van der Waals surface area contributed by atoms with Crippen molar-refractivity contribution in [2.24, 2.45) is 4.99 Å². The lowest BCUT2D eigenvalue weighted by molar-refractivity contribution is -0.126. The van der Waals surface area contributed by atoms with Crippen LogP contribution in [0.1, 0.15) is 23.0 Å². The Balaban J connectivity index is 1.86. The van der Waals surface area contributed by atoms with E-state index in [1.54, 1.807) is 35.4 Å². The van der Waals surface area contributed by atoms with Gasteiger partial charge in [0, 0.05) is 0 Å². The minimum atomic E-state index is -0.984. The van der Waals surface area contributed by atoms with E-state index in [0.29, 0.717) is 23.2 Å². The van der Waals surface area contributed by atoms with Crippen LogP contribution in [0.5, 0.6) is 0 Å². The Kier molecular flexibility index (Phi) is 4.20. The largest absolute Gasteiger partial charge is 0.478 e. The molecule has 0 spiro atoms. The molecule has 1 aromatic heterocycles. The molecule has 0 radical (unpaired) electrons. The molecule has 1 saturated heterocycles. The minimum absolute atomic E-state index is 0.0210. The lowest BCUT2D eigenvalue weighted by Crippen LogP contribution is -2.30. The predicted octanol–water partition coefficient (Wildman–Crippen LogP) is 3.13. The Morgan fingerprint density at radius 3 is 2.70 bits per heavy atom. The zero-order valence-electron chi connectivity index (χ0n) is 12.3. The third-order valence-corrected chi connectivity index (χ3v) is 4.44. The standard InChI is InChI=1S/C16H14N2O4S/c1-10-14(19)18(9-13-3-2-8-22-13)16(23-10)17-12-6-4-11(5-7-12)15(20)21/h2-8,10H,9H2,1H3,(H,20,21). The fourth-order valence-corrected chi connectivity index (χ4v) is 3.15. The van der Waals surface area contributed by atoms with Crippen LogP contribution in [-0.2, 0) is 11.3 Å². The Labute approximate surface area is 136 Å². The molecule has 1 N–H and O–H groups in total. The zero-order valence-corrected chi connectivity index (χ0v) is 13.1. The topological polar surface area (TPSA) is 83.1 Å². The highest BCUT2D eigenvalue weighted by molar-refractivity contribution is 8.15. The highest BCUT2D eigenvalue weighted by atomic mass is 32.2. The Hall–Kier alpha value is -2.54. The van der Waals surface area contributed by atoms with E-state index >= 15 is 0 Å². The lowest BCUT2D eigenvalue weighted by Gasteiger charge is -2.14. The van der Waals surface area contributed by atoms with Crippen molar-refractivity contribution in [3.63, 3.8) is 0 Å². The number of carboxylic acids is 1. The number of aromatic carboxylic acids is 1. The first-order valence-corrected chi connectivity index (χ1v) is 7.85. The van der Waals surface area contributed by atoms with E-state index in [0.717, 1.165) is 0 Å². The van der Waals surface area contributed by atoms with Crippen LogP contribution >= 0.6 is 11.8 Å². The average molecular weight is 330 g/mol. The molecule has 118 valence electrons. The number of rotatable bonds is 4. The van der Waals surface area contributed by atoms with Crippen molar-refractivity contribution in [3.8, 4) is 0 Å². The minimum Gasteiger partial charge on any atom is -0.478 e. The van der Waals surface area contributed by atoms with Crippen molar-refractivity contribution in [3.05, 3.63) is 54.0 Å². The van der Waals surface area contributed by atoms with Gasteiger partial charge in [-0.15, -0.1) is 0 Å². The molecule has 1 aromatic carbocycles. The summed E-state index contributed by atoms with van der Waals surface area (Å²) in [6.07, 6.45) is 1.56. The SMILES string of the molecule is CC1SC(=Nc2ccc(C(=O)O)cc2)N(Cc2ccco2)C1=O. The van der Waals surface area contributed by atoms with Gasteiger partial charge in [0.25, 0.3) is 0 Å². The zero-order chi connectivity index (χ0) is 16.4. The van der Waals surface area contributed by atoms with Gasteiger partial charge in [0.1, 0.15) is 5.76 Å². The number of amides is 1. The normalized spacial score (nSPS) is 19.5. The number of furan rings is 1. The second-order valence-electron chi connectivity index (χ2n) is 5.01. The van der Waals surface area contributed by atoms with Crippen LogP contribution < -0.4 is 0 Å². The second kappa shape index (κ2) is 6.29. The summed E-state index contributed by atoms with van der Waals surface area (Å²) >= 11 is 1.38. The molecule has 23 heavy (non-hydrogen) atoms. The summed E-state index contributed by atoms with van der Waals surface area (Å²) < 4.78 is 5.30. The first-order valence-electron chi connectivity index (χ1n) is 6.97. The van der Waals surface area contributed by atoms with E-state index in [9.17, 15) is 9.59 Å². The Bertz CT molecular complexity index is 753. The summed E-state index contributed by atoms with van der Waals surface area (Å²) in [6, 6.07) is 9.80. The van der Waals surface area contributed by atoms with E-state index < -0.39 is 5.97 Å². The Morgan fingerprint density at radius 2 is 2.09 bits per heavy atom. The Morgan fingerprint density at radius 1 is 1.35 bits per heavy atom. The van der Waals surface area contributed by atoms with Crippen LogP contribution in [0.4, 0.5) is 5.69 Å². The summed E-state index contributed by atoms with van der Waals surface area (Å²) in [6.45, 7) is 2.16. The van der Waals surface area contributed by atoms with Gasteiger partial charge in [-0.2, -0.15) is 0 Å². The lowest BCUT2D eigenvalue weighted by atomic mass is 10.2. The van der Waals surface area contributed by atoms with Crippen molar-refractivity contribution in [1.82, 2.24) is 4.90 Å². The number of carbonyl (C=O) groups is 2. The van der Waals surface area contributed by atoms with E-state index in [1.807, 2.05) is 6.92 Å². The first kappa shape index (κ1) is 15.4. The number of thioether (sulfide) groups is 1. The summed E-state index contributed by atoms with van der Waals surface area (Å²) in [7, 11) is 0. The van der Waals surface area contributed by atoms with Gasteiger partial charge in [-0.3, -0.25) is 9.69 Å². The average Bonchev–Trinajstić information content (AvgIpc) is 3.12. The second-order valence-corrected chi connectivity index (χ2v) is 6.32. The number of carbonyl (C=O) groups excluding carboxylic acids is 1. The smallest absolute Gasteiger partial charge is 0.335 e. The van der Waals surface area contributed by atoms with Crippen molar-refractivity contribution in [1.29, 1.82) is 0 Å². The summed E-state index contributed by atoms with van der Waals surface area (Å²) in [5, 5.41) is 9.29. The van der Waals surface area contributed by atoms with Crippen molar-refractivity contribution < 1.29 is 19.1 Å². The molecule has 1 aliphatic heterocycles. The fraction of sp³-hybridized carbons (Fsp3) is 0.188. The summed E-state index contributed by atoms with van der Waals surface area (Å²) in [4.78, 5) is 29.2. The molecular weight excluding hydrogens is 316 g/mol.